The molecule has 3 heteroatoms. The second-order valence-corrected chi connectivity index (χ2v) is 3.66. The first-order valence-electron chi connectivity index (χ1n) is 5.13. The fraction of sp³-hybridized carbons (Fsp3) is 0.455. The minimum Gasteiger partial charge on any atom is -0.242 e. The lowest BCUT2D eigenvalue weighted by atomic mass is 10.2. The van der Waals surface area contributed by atoms with E-state index in [-0.39, 0.29) is 0 Å². The molecular formula is C11H15N3. The predicted octanol–water partition coefficient (Wildman–Crippen LogP) is 2.79. The smallest absolute Gasteiger partial charge is 0.113 e. The van der Waals surface area contributed by atoms with Gasteiger partial charge in [0.1, 0.15) is 5.52 Å². The second-order valence-electron chi connectivity index (χ2n) is 3.66. The molecule has 0 amide bonds. The van der Waals surface area contributed by atoms with Crippen molar-refractivity contribution in [2.24, 2.45) is 0 Å². The molecule has 1 heterocycles. The Labute approximate surface area is 83.7 Å². The molecule has 1 atom stereocenters. The van der Waals surface area contributed by atoms with E-state index in [0.29, 0.717) is 6.04 Å². The van der Waals surface area contributed by atoms with Gasteiger partial charge in [-0.2, -0.15) is 0 Å². The topological polar surface area (TPSA) is 30.7 Å². The molecular weight excluding hydrogens is 174 g/mol. The Kier molecular flexibility index (Phi) is 2.48. The summed E-state index contributed by atoms with van der Waals surface area (Å²) in [4.78, 5) is 0. The molecule has 0 aliphatic rings. The summed E-state index contributed by atoms with van der Waals surface area (Å²) >= 11 is 0. The highest BCUT2D eigenvalue weighted by Crippen LogP contribution is 2.18. The van der Waals surface area contributed by atoms with Crippen LogP contribution in [0.3, 0.4) is 0 Å². The fourth-order valence-corrected chi connectivity index (χ4v) is 1.75. The average Bonchev–Trinajstić information content (AvgIpc) is 2.61. The molecule has 1 aromatic heterocycles. The van der Waals surface area contributed by atoms with E-state index in [4.69, 9.17) is 0 Å². The monoisotopic (exact) mass is 189 g/mol. The van der Waals surface area contributed by atoms with Crippen molar-refractivity contribution >= 4 is 11.0 Å². The van der Waals surface area contributed by atoms with Crippen LogP contribution in [0.25, 0.3) is 11.0 Å². The van der Waals surface area contributed by atoms with Crippen LogP contribution in [0.2, 0.25) is 0 Å². The normalized spacial score (nSPS) is 13.3. The van der Waals surface area contributed by atoms with Gasteiger partial charge in [0.25, 0.3) is 0 Å². The number of nitrogens with zero attached hydrogens (tertiary/aromatic N) is 3. The molecule has 0 saturated heterocycles. The van der Waals surface area contributed by atoms with Gasteiger partial charge in [0.15, 0.2) is 0 Å². The molecule has 74 valence electrons. The summed E-state index contributed by atoms with van der Waals surface area (Å²) in [6.45, 7) is 4.38. The van der Waals surface area contributed by atoms with Gasteiger partial charge in [-0.15, -0.1) is 5.10 Å². The predicted molar refractivity (Wildman–Crippen MR) is 57.1 cm³/mol. The van der Waals surface area contributed by atoms with Crippen molar-refractivity contribution in [1.29, 1.82) is 0 Å². The molecule has 0 fully saturated rings. The zero-order valence-electron chi connectivity index (χ0n) is 8.64. The van der Waals surface area contributed by atoms with Gasteiger partial charge in [-0.25, -0.2) is 4.68 Å². The standard InChI is InChI=1S/C11H15N3/c1-3-6-9(2)14-11-8-5-4-7-10(11)12-13-14/h4-5,7-9H,3,6H2,1-2H3/t9-/m0/s1. The minimum atomic E-state index is 0.437. The van der Waals surface area contributed by atoms with Gasteiger partial charge in [0.2, 0.25) is 0 Å². The Bertz CT molecular complexity index is 419. The Morgan fingerprint density at radius 1 is 1.36 bits per heavy atom. The summed E-state index contributed by atoms with van der Waals surface area (Å²) in [7, 11) is 0. The zero-order valence-corrected chi connectivity index (χ0v) is 8.64. The third kappa shape index (κ3) is 1.50. The Morgan fingerprint density at radius 3 is 2.93 bits per heavy atom. The molecule has 0 aliphatic heterocycles. The number of rotatable bonds is 3. The van der Waals surface area contributed by atoms with E-state index in [1.807, 2.05) is 22.9 Å². The van der Waals surface area contributed by atoms with Gasteiger partial charge >= 0.3 is 0 Å². The number of aromatic nitrogens is 3. The maximum Gasteiger partial charge on any atom is 0.113 e. The molecule has 0 bridgehead atoms. The lowest BCUT2D eigenvalue weighted by molar-refractivity contribution is 0.455. The molecule has 0 unspecified atom stereocenters. The Balaban J connectivity index is 2.42. The molecule has 2 rings (SSSR count). The van der Waals surface area contributed by atoms with Crippen LogP contribution in [-0.4, -0.2) is 15.0 Å². The lowest BCUT2D eigenvalue weighted by Gasteiger charge is -2.10. The number of hydrogen-bond donors (Lipinski definition) is 0. The largest absolute Gasteiger partial charge is 0.242 e. The molecule has 1 aromatic carbocycles. The summed E-state index contributed by atoms with van der Waals surface area (Å²) in [6, 6.07) is 8.53. The molecule has 3 nitrogen and oxygen atoms in total. The van der Waals surface area contributed by atoms with Crippen LogP contribution in [0.4, 0.5) is 0 Å². The summed E-state index contributed by atoms with van der Waals surface area (Å²) < 4.78 is 2.01. The second kappa shape index (κ2) is 3.78. The van der Waals surface area contributed by atoms with Gasteiger partial charge < -0.3 is 0 Å². The minimum absolute atomic E-state index is 0.437. The van der Waals surface area contributed by atoms with Crippen molar-refractivity contribution in [2.75, 3.05) is 0 Å². The Morgan fingerprint density at radius 2 is 2.14 bits per heavy atom. The molecule has 0 radical (unpaired) electrons. The van der Waals surface area contributed by atoms with Crippen LogP contribution in [0.1, 0.15) is 32.7 Å². The molecule has 0 saturated carbocycles. The van der Waals surface area contributed by atoms with E-state index in [1.165, 1.54) is 6.42 Å². The first kappa shape index (κ1) is 9.19. The molecule has 0 aliphatic carbocycles. The first-order valence-corrected chi connectivity index (χ1v) is 5.13. The average molecular weight is 189 g/mol. The number of benzene rings is 1. The molecule has 2 aromatic rings. The van der Waals surface area contributed by atoms with Crippen molar-refractivity contribution in [3.8, 4) is 0 Å². The van der Waals surface area contributed by atoms with Crippen LogP contribution in [0.15, 0.2) is 24.3 Å². The van der Waals surface area contributed by atoms with Gasteiger partial charge in [0, 0.05) is 0 Å². The fourth-order valence-electron chi connectivity index (χ4n) is 1.75. The van der Waals surface area contributed by atoms with E-state index < -0.39 is 0 Å². The van der Waals surface area contributed by atoms with E-state index in [2.05, 4.69) is 30.2 Å². The highest BCUT2D eigenvalue weighted by Gasteiger charge is 2.08. The summed E-state index contributed by atoms with van der Waals surface area (Å²) in [5.74, 6) is 0. The van der Waals surface area contributed by atoms with Crippen molar-refractivity contribution in [3.05, 3.63) is 24.3 Å². The zero-order chi connectivity index (χ0) is 9.97. The van der Waals surface area contributed by atoms with E-state index >= 15 is 0 Å². The third-order valence-electron chi connectivity index (χ3n) is 2.50. The highest BCUT2D eigenvalue weighted by atomic mass is 15.4. The van der Waals surface area contributed by atoms with Crippen LogP contribution in [-0.2, 0) is 0 Å². The van der Waals surface area contributed by atoms with Crippen molar-refractivity contribution in [2.45, 2.75) is 32.7 Å². The van der Waals surface area contributed by atoms with Gasteiger partial charge in [-0.3, -0.25) is 0 Å². The van der Waals surface area contributed by atoms with E-state index in [0.717, 1.165) is 17.5 Å². The first-order chi connectivity index (χ1) is 6.83. The number of fused-ring (bicyclic) bond motifs is 1. The maximum atomic E-state index is 4.18. The highest BCUT2D eigenvalue weighted by molar-refractivity contribution is 5.73. The van der Waals surface area contributed by atoms with Crippen molar-refractivity contribution < 1.29 is 0 Å². The quantitative estimate of drug-likeness (QED) is 0.743. The Hall–Kier alpha value is -1.38. The van der Waals surface area contributed by atoms with Crippen molar-refractivity contribution in [3.63, 3.8) is 0 Å². The van der Waals surface area contributed by atoms with Crippen LogP contribution < -0.4 is 0 Å². The van der Waals surface area contributed by atoms with Crippen LogP contribution in [0.5, 0.6) is 0 Å². The van der Waals surface area contributed by atoms with Crippen molar-refractivity contribution in [1.82, 2.24) is 15.0 Å². The van der Waals surface area contributed by atoms with E-state index in [1.54, 1.807) is 0 Å². The molecule has 0 N–H and O–H groups in total. The third-order valence-corrected chi connectivity index (χ3v) is 2.50. The molecule has 14 heavy (non-hydrogen) atoms. The summed E-state index contributed by atoms with van der Waals surface area (Å²) in [5, 5.41) is 8.32. The lowest BCUT2D eigenvalue weighted by Crippen LogP contribution is -2.06. The van der Waals surface area contributed by atoms with Gasteiger partial charge in [-0.1, -0.05) is 30.7 Å². The van der Waals surface area contributed by atoms with Gasteiger partial charge in [0.05, 0.1) is 11.6 Å². The number of hydrogen-bond acceptors (Lipinski definition) is 2. The SMILES string of the molecule is CCC[C@H](C)n1nnc2ccccc21. The van der Waals surface area contributed by atoms with Gasteiger partial charge in [-0.05, 0) is 25.5 Å². The summed E-state index contributed by atoms with van der Waals surface area (Å²) in [6.07, 6.45) is 2.32. The number of para-hydroxylation sites is 1. The summed E-state index contributed by atoms with van der Waals surface area (Å²) in [5.41, 5.74) is 2.11. The maximum absolute atomic E-state index is 4.18. The van der Waals surface area contributed by atoms with Crippen LogP contribution in [0, 0.1) is 0 Å². The molecule has 0 spiro atoms. The van der Waals surface area contributed by atoms with Crippen LogP contribution >= 0.6 is 0 Å². The van der Waals surface area contributed by atoms with E-state index in [9.17, 15) is 0 Å².